The van der Waals surface area contributed by atoms with Gasteiger partial charge in [0.2, 0.25) is 0 Å². The maximum Gasteiger partial charge on any atom is 0.358 e. The minimum Gasteiger partial charge on any atom is -0.264 e. The molecule has 0 spiro atoms. The first-order valence-corrected chi connectivity index (χ1v) is 7.30. The van der Waals surface area contributed by atoms with Crippen LogP contribution in [0.4, 0.5) is 0 Å². The van der Waals surface area contributed by atoms with E-state index in [1.807, 2.05) is 0 Å². The van der Waals surface area contributed by atoms with E-state index in [4.69, 9.17) is 4.28 Å². The Morgan fingerprint density at radius 3 is 2.48 bits per heavy atom. The van der Waals surface area contributed by atoms with E-state index in [0.29, 0.717) is 16.6 Å². The van der Waals surface area contributed by atoms with E-state index in [2.05, 4.69) is 10.3 Å². The molecule has 21 heavy (non-hydrogen) atoms. The van der Waals surface area contributed by atoms with E-state index < -0.39 is 10.1 Å². The van der Waals surface area contributed by atoms with Gasteiger partial charge in [-0.15, -0.1) is 5.10 Å². The number of nitrogens with zero attached hydrogens (tertiary/aromatic N) is 3. The first-order valence-electron chi connectivity index (χ1n) is 5.89. The van der Waals surface area contributed by atoms with Crippen LogP contribution < -0.4 is 4.28 Å². The van der Waals surface area contributed by atoms with Gasteiger partial charge in [0, 0.05) is 22.4 Å². The van der Waals surface area contributed by atoms with Gasteiger partial charge in [0.25, 0.3) is 0 Å². The number of rotatable bonds is 3. The third-order valence-corrected chi connectivity index (χ3v) is 4.19. The van der Waals surface area contributed by atoms with Gasteiger partial charge >= 0.3 is 10.1 Å². The van der Waals surface area contributed by atoms with Crippen molar-refractivity contribution in [2.24, 2.45) is 0 Å². The predicted molar refractivity (Wildman–Crippen MR) is 72.5 cm³/mol. The molecule has 0 saturated carbocycles. The quantitative estimate of drug-likeness (QED) is 0.628. The molecule has 113 valence electrons. The van der Waals surface area contributed by atoms with Gasteiger partial charge in [0.1, 0.15) is 15.9 Å². The number of fused-ring (bicyclic) bond motifs is 1. The van der Waals surface area contributed by atoms with Gasteiger partial charge in [-0.3, -0.25) is 4.28 Å². The third-order valence-electron chi connectivity index (χ3n) is 2.85. The zero-order valence-electron chi connectivity index (χ0n) is 10.9. The van der Waals surface area contributed by atoms with Gasteiger partial charge < -0.3 is 0 Å². The zero-order chi connectivity index (χ0) is 14.2. The Balaban J connectivity index is 0.00000161. The summed E-state index contributed by atoms with van der Waals surface area (Å²) in [5.41, 5.74) is 1.66. The van der Waals surface area contributed by atoms with Crippen molar-refractivity contribution in [1.82, 2.24) is 15.2 Å². The van der Waals surface area contributed by atoms with Crippen LogP contribution in [0.5, 0.6) is 0 Å². The molecule has 0 N–H and O–H groups in total. The first-order chi connectivity index (χ1) is 9.58. The molecule has 3 aromatic rings. The fourth-order valence-electron chi connectivity index (χ4n) is 1.87. The van der Waals surface area contributed by atoms with Crippen LogP contribution in [0, 0.1) is 6.92 Å². The second-order valence-corrected chi connectivity index (χ2v) is 5.74. The smallest absolute Gasteiger partial charge is 0.264 e. The summed E-state index contributed by atoms with van der Waals surface area (Å²) in [7, 11) is -3.94. The number of benzene rings is 2. The van der Waals surface area contributed by atoms with Gasteiger partial charge in [-0.25, -0.2) is 0 Å². The SMILES string of the molecule is Cc1ccccc1S(=O)(=O)On1nnc2ccccc21.[Ag]. The van der Waals surface area contributed by atoms with Crippen molar-refractivity contribution in [1.29, 1.82) is 0 Å². The van der Waals surface area contributed by atoms with Crippen molar-refractivity contribution < 1.29 is 35.1 Å². The molecule has 0 aliphatic heterocycles. The standard InChI is InChI=1S/C13H11N3O3S.Ag/c1-10-6-2-5-9-13(10)20(17,18)19-16-12-8-4-3-7-11(12)14-15-16;/h2-9H,1H3;. The van der Waals surface area contributed by atoms with Crippen molar-refractivity contribution >= 4 is 21.2 Å². The molecular weight excluding hydrogens is 386 g/mol. The minimum absolute atomic E-state index is 0. The maximum atomic E-state index is 12.3. The van der Waals surface area contributed by atoms with E-state index in [1.165, 1.54) is 6.07 Å². The van der Waals surface area contributed by atoms with Crippen molar-refractivity contribution in [3.63, 3.8) is 0 Å². The summed E-state index contributed by atoms with van der Waals surface area (Å²) >= 11 is 0. The Labute approximate surface area is 137 Å². The molecule has 6 nitrogen and oxygen atoms in total. The van der Waals surface area contributed by atoms with E-state index in [0.717, 1.165) is 4.85 Å². The van der Waals surface area contributed by atoms with Crippen LogP contribution in [0.2, 0.25) is 0 Å². The molecule has 0 amide bonds. The fourth-order valence-corrected chi connectivity index (χ4v) is 2.96. The van der Waals surface area contributed by atoms with Gasteiger partial charge in [0.05, 0.1) is 0 Å². The fraction of sp³-hybridized carbons (Fsp3) is 0.0769. The maximum absolute atomic E-state index is 12.3. The molecule has 0 aliphatic carbocycles. The van der Waals surface area contributed by atoms with Gasteiger partial charge in [0.15, 0.2) is 0 Å². The average Bonchev–Trinajstić information content (AvgIpc) is 2.82. The monoisotopic (exact) mass is 396 g/mol. The Hall–Kier alpha value is -1.67. The van der Waals surface area contributed by atoms with Crippen LogP contribution in [0.1, 0.15) is 5.56 Å². The summed E-state index contributed by atoms with van der Waals surface area (Å²) in [4.78, 5) is 1.02. The van der Waals surface area contributed by atoms with Crippen LogP contribution >= 0.6 is 0 Å². The molecule has 0 fully saturated rings. The Kier molecular flexibility index (Phi) is 4.48. The number of aromatic nitrogens is 3. The van der Waals surface area contributed by atoms with Gasteiger partial charge in [-0.1, -0.05) is 35.2 Å². The number of para-hydroxylation sites is 1. The van der Waals surface area contributed by atoms with Crippen LogP contribution in [0.15, 0.2) is 53.4 Å². The Morgan fingerprint density at radius 1 is 1.05 bits per heavy atom. The molecular formula is C13H11AgN3O3S. The van der Waals surface area contributed by atoms with E-state index in [1.54, 1.807) is 49.4 Å². The van der Waals surface area contributed by atoms with Crippen molar-refractivity contribution in [2.75, 3.05) is 0 Å². The topological polar surface area (TPSA) is 74.1 Å². The van der Waals surface area contributed by atoms with Crippen LogP contribution in [-0.2, 0) is 32.5 Å². The Morgan fingerprint density at radius 2 is 1.71 bits per heavy atom. The van der Waals surface area contributed by atoms with E-state index >= 15 is 0 Å². The predicted octanol–water partition coefficient (Wildman–Crippen LogP) is 1.55. The van der Waals surface area contributed by atoms with Crippen LogP contribution in [0.3, 0.4) is 0 Å². The molecule has 1 aromatic heterocycles. The second-order valence-electron chi connectivity index (χ2n) is 4.25. The summed E-state index contributed by atoms with van der Waals surface area (Å²) in [6, 6.07) is 13.6. The van der Waals surface area contributed by atoms with Crippen molar-refractivity contribution in [3.05, 3.63) is 54.1 Å². The zero-order valence-corrected chi connectivity index (χ0v) is 13.2. The number of hydrogen-bond donors (Lipinski definition) is 0. The molecule has 2 aromatic carbocycles. The minimum atomic E-state index is -3.94. The number of hydrogen-bond acceptors (Lipinski definition) is 5. The number of aryl methyl sites for hydroxylation is 1. The van der Waals surface area contributed by atoms with Crippen LogP contribution in [-0.4, -0.2) is 23.6 Å². The van der Waals surface area contributed by atoms with Crippen molar-refractivity contribution in [3.8, 4) is 0 Å². The van der Waals surface area contributed by atoms with Crippen molar-refractivity contribution in [2.45, 2.75) is 11.8 Å². The van der Waals surface area contributed by atoms with E-state index in [-0.39, 0.29) is 27.3 Å². The summed E-state index contributed by atoms with van der Waals surface area (Å²) in [6.07, 6.45) is 0. The van der Waals surface area contributed by atoms with E-state index in [9.17, 15) is 8.42 Å². The Bertz CT molecular complexity index is 877. The van der Waals surface area contributed by atoms with Gasteiger partial charge in [-0.2, -0.15) is 8.42 Å². The van der Waals surface area contributed by atoms with Crippen LogP contribution in [0.25, 0.3) is 11.0 Å². The first kappa shape index (κ1) is 15.7. The second kappa shape index (κ2) is 5.98. The summed E-state index contributed by atoms with van der Waals surface area (Å²) in [5, 5.41) is 7.54. The average molecular weight is 397 g/mol. The molecule has 0 unspecified atom stereocenters. The molecule has 8 heteroatoms. The molecule has 3 rings (SSSR count). The molecule has 1 heterocycles. The largest absolute Gasteiger partial charge is 0.358 e. The molecule has 0 atom stereocenters. The summed E-state index contributed by atoms with van der Waals surface area (Å²) in [5.74, 6) is 0. The van der Waals surface area contributed by atoms with Gasteiger partial charge in [-0.05, 0) is 35.9 Å². The normalized spacial score (nSPS) is 11.1. The molecule has 0 bridgehead atoms. The summed E-state index contributed by atoms with van der Waals surface area (Å²) in [6.45, 7) is 1.70. The molecule has 0 aliphatic rings. The molecule has 0 saturated heterocycles. The summed E-state index contributed by atoms with van der Waals surface area (Å²) < 4.78 is 29.5. The molecule has 1 radical (unpaired) electrons. The third kappa shape index (κ3) is 3.01.